The number of fused-ring (bicyclic) bond motifs is 1. The van der Waals surface area contributed by atoms with Crippen LogP contribution in [-0.4, -0.2) is 33.3 Å². The van der Waals surface area contributed by atoms with Crippen molar-refractivity contribution in [3.63, 3.8) is 0 Å². The van der Waals surface area contributed by atoms with Gasteiger partial charge in [0.05, 0.1) is 23.1 Å². The highest BCUT2D eigenvalue weighted by atomic mass is 32.2. The van der Waals surface area contributed by atoms with Gasteiger partial charge in [-0.15, -0.1) is 0 Å². The predicted molar refractivity (Wildman–Crippen MR) is 98.0 cm³/mol. The lowest BCUT2D eigenvalue weighted by Gasteiger charge is -2.05. The summed E-state index contributed by atoms with van der Waals surface area (Å²) < 4.78 is 8.24. The number of aromatic nitrogens is 3. The van der Waals surface area contributed by atoms with E-state index in [1.54, 1.807) is 13.3 Å². The molecule has 0 radical (unpaired) electrons. The van der Waals surface area contributed by atoms with Gasteiger partial charge in [0.2, 0.25) is 5.91 Å². The first-order valence-electron chi connectivity index (χ1n) is 7.58. The first-order chi connectivity index (χ1) is 11.7. The molecule has 0 fully saturated rings. The van der Waals surface area contributed by atoms with Crippen LogP contribution in [0.2, 0.25) is 0 Å². The monoisotopic (exact) mass is 362 g/mol. The molecule has 0 spiro atoms. The number of anilines is 1. The van der Waals surface area contributed by atoms with Crippen molar-refractivity contribution >= 4 is 44.4 Å². The zero-order valence-electron chi connectivity index (χ0n) is 13.5. The van der Waals surface area contributed by atoms with Gasteiger partial charge in [0.1, 0.15) is 5.75 Å². The Hall–Kier alpha value is -2.06. The highest BCUT2D eigenvalue weighted by molar-refractivity contribution is 7.99. The maximum Gasteiger partial charge on any atom is 0.236 e. The molecule has 3 aromatic rings. The van der Waals surface area contributed by atoms with E-state index in [2.05, 4.69) is 26.8 Å². The molecule has 2 heterocycles. The van der Waals surface area contributed by atoms with Gasteiger partial charge >= 0.3 is 0 Å². The lowest BCUT2D eigenvalue weighted by atomic mass is 10.3. The summed E-state index contributed by atoms with van der Waals surface area (Å²) in [5.74, 6) is 0.999. The van der Waals surface area contributed by atoms with E-state index < -0.39 is 0 Å². The molecule has 6 nitrogen and oxygen atoms in total. The third kappa shape index (κ3) is 3.88. The van der Waals surface area contributed by atoms with Gasteiger partial charge in [-0.2, -0.15) is 0 Å². The molecule has 0 aliphatic heterocycles. The van der Waals surface area contributed by atoms with E-state index >= 15 is 0 Å². The van der Waals surface area contributed by atoms with Crippen LogP contribution in [0.4, 0.5) is 5.13 Å². The summed E-state index contributed by atoms with van der Waals surface area (Å²) >= 11 is 2.87. The third-order valence-corrected chi connectivity index (χ3v) is 5.25. The fourth-order valence-electron chi connectivity index (χ4n) is 2.22. The molecule has 126 valence electrons. The number of benzene rings is 1. The minimum atomic E-state index is -0.0860. The van der Waals surface area contributed by atoms with Crippen molar-refractivity contribution in [1.29, 1.82) is 0 Å². The molecule has 0 atom stereocenters. The Balaban J connectivity index is 1.61. The van der Waals surface area contributed by atoms with Crippen molar-refractivity contribution in [1.82, 2.24) is 14.5 Å². The third-order valence-electron chi connectivity index (χ3n) is 3.32. The van der Waals surface area contributed by atoms with Gasteiger partial charge in [-0.3, -0.25) is 4.79 Å². The number of hydrogen-bond acceptors (Lipinski definition) is 6. The van der Waals surface area contributed by atoms with E-state index in [-0.39, 0.29) is 5.91 Å². The van der Waals surface area contributed by atoms with E-state index in [9.17, 15) is 4.79 Å². The van der Waals surface area contributed by atoms with Crippen molar-refractivity contribution in [2.45, 2.75) is 25.0 Å². The first kappa shape index (κ1) is 16.8. The number of carbonyl (C=O) groups is 1. The number of ether oxygens (including phenoxy) is 1. The van der Waals surface area contributed by atoms with Crippen LogP contribution in [0.1, 0.15) is 13.3 Å². The molecule has 0 bridgehead atoms. The zero-order valence-corrected chi connectivity index (χ0v) is 15.1. The summed E-state index contributed by atoms with van der Waals surface area (Å²) in [6.45, 7) is 3.02. The number of carbonyl (C=O) groups excluding carboxylic acids is 1. The Morgan fingerprint density at radius 2 is 2.33 bits per heavy atom. The molecule has 1 aromatic carbocycles. The lowest BCUT2D eigenvalue weighted by Crippen LogP contribution is -2.14. The van der Waals surface area contributed by atoms with Crippen LogP contribution >= 0.6 is 23.1 Å². The summed E-state index contributed by atoms with van der Waals surface area (Å²) in [5.41, 5.74) is 0.849. The molecule has 2 aromatic heterocycles. The van der Waals surface area contributed by atoms with Gasteiger partial charge in [-0.25, -0.2) is 9.97 Å². The topological polar surface area (TPSA) is 69.0 Å². The van der Waals surface area contributed by atoms with Crippen LogP contribution in [0.25, 0.3) is 10.2 Å². The lowest BCUT2D eigenvalue weighted by molar-refractivity contribution is -0.113. The number of nitrogens with one attached hydrogen (secondary N) is 1. The quantitative estimate of drug-likeness (QED) is 0.650. The number of thiazole rings is 1. The van der Waals surface area contributed by atoms with Gasteiger partial charge in [0.25, 0.3) is 0 Å². The molecule has 8 heteroatoms. The maximum atomic E-state index is 12.1. The highest BCUT2D eigenvalue weighted by Crippen LogP contribution is 2.29. The maximum absolute atomic E-state index is 12.1. The fourth-order valence-corrected chi connectivity index (χ4v) is 3.91. The van der Waals surface area contributed by atoms with Crippen molar-refractivity contribution in [2.24, 2.45) is 0 Å². The second-order valence-corrected chi connectivity index (χ2v) is 7.07. The van der Waals surface area contributed by atoms with Crippen LogP contribution in [0.3, 0.4) is 0 Å². The summed E-state index contributed by atoms with van der Waals surface area (Å²) in [6.07, 6.45) is 4.73. The summed E-state index contributed by atoms with van der Waals surface area (Å²) in [7, 11) is 1.63. The number of aryl methyl sites for hydroxylation is 1. The number of methoxy groups -OCH3 is 1. The summed E-state index contributed by atoms with van der Waals surface area (Å²) in [4.78, 5) is 20.9. The molecule has 0 aliphatic rings. The van der Waals surface area contributed by atoms with Crippen LogP contribution in [0.5, 0.6) is 5.75 Å². The van der Waals surface area contributed by atoms with Crippen LogP contribution in [-0.2, 0) is 11.3 Å². The fraction of sp³-hybridized carbons (Fsp3) is 0.312. The van der Waals surface area contributed by atoms with Crippen molar-refractivity contribution < 1.29 is 9.53 Å². The van der Waals surface area contributed by atoms with Crippen molar-refractivity contribution in [3.8, 4) is 5.75 Å². The molecule has 0 saturated heterocycles. The Morgan fingerprint density at radius 3 is 3.12 bits per heavy atom. The minimum absolute atomic E-state index is 0.0860. The second-order valence-electron chi connectivity index (χ2n) is 5.09. The smallest absolute Gasteiger partial charge is 0.236 e. The second kappa shape index (κ2) is 7.67. The number of rotatable bonds is 7. The van der Waals surface area contributed by atoms with Gasteiger partial charge < -0.3 is 14.6 Å². The normalized spacial score (nSPS) is 10.9. The molecule has 1 N–H and O–H groups in total. The molecule has 24 heavy (non-hydrogen) atoms. The van der Waals surface area contributed by atoms with Gasteiger partial charge in [-0.05, 0) is 24.6 Å². The molecule has 3 rings (SSSR count). The average molecular weight is 362 g/mol. The predicted octanol–water partition coefficient (Wildman–Crippen LogP) is 3.64. The number of nitrogens with zero attached hydrogens (tertiary/aromatic N) is 3. The van der Waals surface area contributed by atoms with Crippen LogP contribution in [0.15, 0.2) is 35.7 Å². The van der Waals surface area contributed by atoms with E-state index in [1.807, 2.05) is 24.4 Å². The molecular formula is C16H18N4O2S2. The van der Waals surface area contributed by atoms with Crippen molar-refractivity contribution in [2.75, 3.05) is 18.2 Å². The number of thioether (sulfide) groups is 1. The Morgan fingerprint density at radius 1 is 1.46 bits per heavy atom. The molecular weight excluding hydrogens is 344 g/mol. The summed E-state index contributed by atoms with van der Waals surface area (Å²) in [6, 6.07) is 5.66. The van der Waals surface area contributed by atoms with E-state index in [1.165, 1.54) is 23.1 Å². The first-order valence-corrected chi connectivity index (χ1v) is 9.38. The Labute approximate surface area is 148 Å². The molecule has 1 amide bonds. The average Bonchev–Trinajstić information content (AvgIpc) is 3.18. The van der Waals surface area contributed by atoms with Crippen LogP contribution in [0, 0.1) is 0 Å². The standard InChI is InChI=1S/C16H18N4O2S2/c1-3-7-20-8-6-17-16(20)23-10-14(21)19-15-18-12-5-4-11(22-2)9-13(12)24-15/h4-6,8-9H,3,7,10H2,1-2H3,(H,18,19,21). The largest absolute Gasteiger partial charge is 0.497 e. The molecule has 0 saturated carbocycles. The van der Waals surface area contributed by atoms with Crippen molar-refractivity contribution in [3.05, 3.63) is 30.6 Å². The number of hydrogen-bond donors (Lipinski definition) is 1. The molecule has 0 unspecified atom stereocenters. The molecule has 0 aliphatic carbocycles. The van der Waals surface area contributed by atoms with Gasteiger partial charge in [0.15, 0.2) is 10.3 Å². The Kier molecular flexibility index (Phi) is 5.37. The number of amides is 1. The zero-order chi connectivity index (χ0) is 16.9. The van der Waals surface area contributed by atoms with E-state index in [0.29, 0.717) is 10.9 Å². The Bertz CT molecular complexity index is 844. The van der Waals surface area contributed by atoms with Gasteiger partial charge in [0, 0.05) is 18.9 Å². The SMILES string of the molecule is CCCn1ccnc1SCC(=O)Nc1nc2ccc(OC)cc2s1. The van der Waals surface area contributed by atoms with E-state index in [0.717, 1.165) is 34.1 Å². The van der Waals surface area contributed by atoms with Crippen LogP contribution < -0.4 is 10.1 Å². The van der Waals surface area contributed by atoms with E-state index in [4.69, 9.17) is 4.74 Å². The minimum Gasteiger partial charge on any atom is -0.497 e. The summed E-state index contributed by atoms with van der Waals surface area (Å²) in [5, 5.41) is 4.31. The highest BCUT2D eigenvalue weighted by Gasteiger charge is 2.11. The number of imidazole rings is 1. The van der Waals surface area contributed by atoms with Gasteiger partial charge in [-0.1, -0.05) is 30.0 Å².